The van der Waals surface area contributed by atoms with Crippen molar-refractivity contribution in [2.45, 2.75) is 85.0 Å². The molecule has 0 bridgehead atoms. The Morgan fingerprint density at radius 3 is 2.50 bits per heavy atom. The molecule has 1 saturated heterocycles. The van der Waals surface area contributed by atoms with Crippen LogP contribution in [-0.4, -0.2) is 23.6 Å². The number of hydrogen-bond donors (Lipinski definition) is 0. The van der Waals surface area contributed by atoms with Crippen LogP contribution in [0.15, 0.2) is 11.3 Å². The highest BCUT2D eigenvalue weighted by molar-refractivity contribution is 5.87. The van der Waals surface area contributed by atoms with Crippen molar-refractivity contribution >= 4 is 11.7 Å². The second-order valence-electron chi connectivity index (χ2n) is 9.92. The molecule has 26 heavy (non-hydrogen) atoms. The van der Waals surface area contributed by atoms with Gasteiger partial charge in [0.2, 0.25) is 5.91 Å². The van der Waals surface area contributed by atoms with Crippen LogP contribution in [0.3, 0.4) is 0 Å². The van der Waals surface area contributed by atoms with Gasteiger partial charge in [-0.05, 0) is 68.3 Å². The molecular formula is C23H35NO2. The highest BCUT2D eigenvalue weighted by atomic mass is 16.2. The molecule has 3 heteroatoms. The molecule has 0 radical (unpaired) electrons. The van der Waals surface area contributed by atoms with Gasteiger partial charge < -0.3 is 4.90 Å². The first-order valence-electron chi connectivity index (χ1n) is 10.8. The maximum atomic E-state index is 12.7. The second-order valence-corrected chi connectivity index (χ2v) is 9.92. The molecule has 0 aromatic carbocycles. The minimum atomic E-state index is -0.0682. The maximum absolute atomic E-state index is 12.7. The lowest BCUT2D eigenvalue weighted by atomic mass is 9.48. The summed E-state index contributed by atoms with van der Waals surface area (Å²) in [5, 5.41) is 0. The van der Waals surface area contributed by atoms with E-state index in [4.69, 9.17) is 0 Å². The molecule has 3 aliphatic carbocycles. The van der Waals surface area contributed by atoms with E-state index in [-0.39, 0.29) is 10.8 Å². The van der Waals surface area contributed by atoms with Crippen LogP contribution in [0.1, 0.15) is 85.0 Å². The Morgan fingerprint density at radius 1 is 1.04 bits per heavy atom. The molecule has 2 saturated carbocycles. The van der Waals surface area contributed by atoms with Crippen molar-refractivity contribution in [3.8, 4) is 0 Å². The lowest BCUT2D eigenvalue weighted by molar-refractivity contribution is -0.138. The van der Waals surface area contributed by atoms with Gasteiger partial charge in [-0.3, -0.25) is 9.59 Å². The molecule has 1 amide bonds. The summed E-state index contributed by atoms with van der Waals surface area (Å²) in [6, 6.07) is 0. The number of allylic oxidation sites excluding steroid dienone is 2. The Kier molecular flexibility index (Phi) is 4.36. The van der Waals surface area contributed by atoms with Crippen molar-refractivity contribution in [3.63, 3.8) is 0 Å². The number of hydrogen-bond acceptors (Lipinski definition) is 2. The first kappa shape index (κ1) is 18.3. The monoisotopic (exact) mass is 357 g/mol. The number of carbonyl (C=O) groups excluding carboxylic acids is 2. The molecule has 0 aromatic heterocycles. The Labute approximate surface area is 158 Å². The van der Waals surface area contributed by atoms with E-state index >= 15 is 0 Å². The summed E-state index contributed by atoms with van der Waals surface area (Å²) in [7, 11) is 2.01. The highest BCUT2D eigenvalue weighted by Gasteiger charge is 2.60. The second kappa shape index (κ2) is 6.21. The fourth-order valence-electron chi connectivity index (χ4n) is 7.29. The van der Waals surface area contributed by atoms with Crippen LogP contribution in [0, 0.1) is 28.6 Å². The zero-order valence-corrected chi connectivity index (χ0v) is 17.1. The van der Waals surface area contributed by atoms with Gasteiger partial charge in [0.25, 0.3) is 0 Å². The van der Waals surface area contributed by atoms with E-state index in [1.807, 2.05) is 11.9 Å². The zero-order valence-electron chi connectivity index (χ0n) is 17.1. The maximum Gasteiger partial charge on any atom is 0.226 e. The summed E-state index contributed by atoms with van der Waals surface area (Å²) in [6.45, 7) is 6.94. The smallest absolute Gasteiger partial charge is 0.226 e. The summed E-state index contributed by atoms with van der Waals surface area (Å²) in [5.74, 6) is 2.66. The number of nitrogens with zero attached hydrogens (tertiary/aromatic N) is 1. The summed E-state index contributed by atoms with van der Waals surface area (Å²) in [5.41, 5.74) is 2.97. The number of Topliss-reactive ketones (excluding diaryl/α,β-unsaturated/α-hetero) is 1. The normalized spacial score (nSPS) is 42.6. The summed E-state index contributed by atoms with van der Waals surface area (Å²) in [4.78, 5) is 27.2. The van der Waals surface area contributed by atoms with Gasteiger partial charge in [-0.2, -0.15) is 0 Å². The molecule has 0 aromatic rings. The number of ketones is 1. The minimum Gasteiger partial charge on any atom is -0.319 e. The van der Waals surface area contributed by atoms with E-state index < -0.39 is 0 Å². The number of likely N-dealkylation sites (tertiary alicyclic amines) is 1. The lowest BCUT2D eigenvalue weighted by Crippen LogP contribution is -2.54. The molecule has 1 heterocycles. The average molecular weight is 358 g/mol. The largest absolute Gasteiger partial charge is 0.319 e. The Balaban J connectivity index is 1.78. The number of rotatable bonds is 3. The third-order valence-corrected chi connectivity index (χ3v) is 8.72. The van der Waals surface area contributed by atoms with Crippen LogP contribution in [-0.2, 0) is 9.59 Å². The van der Waals surface area contributed by atoms with Crippen LogP contribution >= 0.6 is 0 Å². The molecule has 144 valence electrons. The zero-order chi connectivity index (χ0) is 18.7. The molecule has 0 spiro atoms. The van der Waals surface area contributed by atoms with Crippen molar-refractivity contribution in [2.75, 3.05) is 7.05 Å². The predicted molar refractivity (Wildman–Crippen MR) is 103 cm³/mol. The van der Waals surface area contributed by atoms with Crippen LogP contribution in [0.5, 0.6) is 0 Å². The van der Waals surface area contributed by atoms with E-state index in [1.54, 1.807) is 0 Å². The van der Waals surface area contributed by atoms with Crippen molar-refractivity contribution in [1.82, 2.24) is 4.90 Å². The molecule has 4 aliphatic rings. The van der Waals surface area contributed by atoms with Crippen LogP contribution in [0.4, 0.5) is 0 Å². The van der Waals surface area contributed by atoms with E-state index in [0.29, 0.717) is 35.9 Å². The molecule has 0 N–H and O–H groups in total. The van der Waals surface area contributed by atoms with Gasteiger partial charge in [0, 0.05) is 36.4 Å². The summed E-state index contributed by atoms with van der Waals surface area (Å²) >= 11 is 0. The Hall–Kier alpha value is -1.12. The van der Waals surface area contributed by atoms with Gasteiger partial charge in [-0.15, -0.1) is 0 Å². The van der Waals surface area contributed by atoms with Gasteiger partial charge in [0.1, 0.15) is 5.78 Å². The standard InChI is InChI=1S/C23H35NO2/c1-5-6-7-15-14-16-17-8-9-19(25)22(17,2)12-10-18(16)23(3)13-11-20(26)24(4)21(15)23/h16-18H,5-14H2,1-4H3. The molecule has 4 rings (SSSR count). The molecule has 1 aliphatic heterocycles. The average Bonchev–Trinajstić information content (AvgIpc) is 2.92. The lowest BCUT2D eigenvalue weighted by Gasteiger charge is -2.58. The van der Waals surface area contributed by atoms with E-state index in [0.717, 1.165) is 44.9 Å². The summed E-state index contributed by atoms with van der Waals surface area (Å²) in [6.07, 6.45) is 10.4. The van der Waals surface area contributed by atoms with Gasteiger partial charge in [-0.1, -0.05) is 27.2 Å². The quantitative estimate of drug-likeness (QED) is 0.704. The summed E-state index contributed by atoms with van der Waals surface area (Å²) < 4.78 is 0. The van der Waals surface area contributed by atoms with Gasteiger partial charge in [0.15, 0.2) is 0 Å². The van der Waals surface area contributed by atoms with E-state index in [2.05, 4.69) is 20.8 Å². The fraction of sp³-hybridized carbons (Fsp3) is 0.826. The predicted octanol–water partition coefficient (Wildman–Crippen LogP) is 5.10. The highest BCUT2D eigenvalue weighted by Crippen LogP contribution is 2.65. The minimum absolute atomic E-state index is 0.0682. The van der Waals surface area contributed by atoms with Crippen LogP contribution < -0.4 is 0 Å². The fourth-order valence-corrected chi connectivity index (χ4v) is 7.29. The van der Waals surface area contributed by atoms with Crippen LogP contribution in [0.2, 0.25) is 0 Å². The molecular weight excluding hydrogens is 322 g/mol. The number of unbranched alkanes of at least 4 members (excludes halogenated alkanes) is 1. The number of piperidine rings is 1. The Bertz CT molecular complexity index is 665. The number of amides is 1. The Morgan fingerprint density at radius 2 is 1.77 bits per heavy atom. The first-order chi connectivity index (χ1) is 12.3. The molecule has 3 fully saturated rings. The van der Waals surface area contributed by atoms with E-state index in [9.17, 15) is 9.59 Å². The number of carbonyl (C=O) groups is 2. The van der Waals surface area contributed by atoms with Gasteiger partial charge >= 0.3 is 0 Å². The van der Waals surface area contributed by atoms with Gasteiger partial charge in [0.05, 0.1) is 0 Å². The van der Waals surface area contributed by atoms with Gasteiger partial charge in [-0.25, -0.2) is 0 Å². The topological polar surface area (TPSA) is 37.4 Å². The van der Waals surface area contributed by atoms with Crippen molar-refractivity contribution in [1.29, 1.82) is 0 Å². The first-order valence-corrected chi connectivity index (χ1v) is 10.8. The molecule has 5 atom stereocenters. The van der Waals surface area contributed by atoms with Crippen LogP contribution in [0.25, 0.3) is 0 Å². The number of fused-ring (bicyclic) bond motifs is 5. The SMILES string of the molecule is CCCCC1=C2N(C)C(=O)CCC2(C)C2CCC3(C)C(=O)CCC3C2C1. The van der Waals surface area contributed by atoms with Crippen molar-refractivity contribution in [3.05, 3.63) is 11.3 Å². The van der Waals surface area contributed by atoms with Crippen molar-refractivity contribution < 1.29 is 9.59 Å². The molecule has 3 nitrogen and oxygen atoms in total. The third kappa shape index (κ3) is 2.38. The van der Waals surface area contributed by atoms with E-state index in [1.165, 1.54) is 24.1 Å². The van der Waals surface area contributed by atoms with Crippen molar-refractivity contribution in [2.24, 2.45) is 28.6 Å². The molecule has 5 unspecified atom stereocenters. The third-order valence-electron chi connectivity index (χ3n) is 8.72.